The minimum absolute atomic E-state index is 0.313. The Bertz CT molecular complexity index is 872. The molecule has 2 aromatic rings. The van der Waals surface area contributed by atoms with Gasteiger partial charge in [0.2, 0.25) is 0 Å². The molecule has 1 aliphatic rings. The largest absolute Gasteiger partial charge is 0.494 e. The number of piperidine rings is 1. The van der Waals surface area contributed by atoms with Gasteiger partial charge in [-0.1, -0.05) is 19.0 Å². The van der Waals surface area contributed by atoms with Gasteiger partial charge in [-0.2, -0.15) is 4.98 Å². The van der Waals surface area contributed by atoms with Crippen LogP contribution in [-0.4, -0.2) is 44.5 Å². The summed E-state index contributed by atoms with van der Waals surface area (Å²) in [7, 11) is -3.17. The van der Waals surface area contributed by atoms with Gasteiger partial charge in [0.1, 0.15) is 5.75 Å². The number of nitrogens with zero attached hydrogens (tertiary/aromatic N) is 3. The molecule has 1 atom stereocenters. The van der Waals surface area contributed by atoms with E-state index in [1.165, 1.54) is 6.26 Å². The number of sulfone groups is 1. The summed E-state index contributed by atoms with van der Waals surface area (Å²) in [6.45, 7) is 6.90. The van der Waals surface area contributed by atoms with E-state index in [0.717, 1.165) is 51.0 Å². The second kappa shape index (κ2) is 9.61. The van der Waals surface area contributed by atoms with Crippen molar-refractivity contribution in [3.63, 3.8) is 0 Å². The van der Waals surface area contributed by atoms with Gasteiger partial charge in [0.05, 0.1) is 11.5 Å². The first-order chi connectivity index (χ1) is 13.9. The van der Waals surface area contributed by atoms with Crippen LogP contribution in [0.4, 0.5) is 6.01 Å². The number of benzene rings is 1. The van der Waals surface area contributed by atoms with Crippen molar-refractivity contribution in [2.24, 2.45) is 11.8 Å². The van der Waals surface area contributed by atoms with Gasteiger partial charge in [-0.15, -0.1) is 0 Å². The van der Waals surface area contributed by atoms with Crippen LogP contribution in [0, 0.1) is 11.8 Å². The van der Waals surface area contributed by atoms with E-state index in [0.29, 0.717) is 35.1 Å². The van der Waals surface area contributed by atoms with Crippen molar-refractivity contribution in [2.75, 3.05) is 30.9 Å². The van der Waals surface area contributed by atoms with E-state index in [1.807, 2.05) is 0 Å². The Labute approximate surface area is 173 Å². The van der Waals surface area contributed by atoms with Crippen LogP contribution in [0.15, 0.2) is 33.7 Å². The summed E-state index contributed by atoms with van der Waals surface area (Å²) in [5, 5.41) is 4.05. The Hall–Kier alpha value is -2.09. The normalized spacial score (nSPS) is 16.7. The first kappa shape index (κ1) is 21.6. The predicted molar refractivity (Wildman–Crippen MR) is 112 cm³/mol. The average molecular weight is 422 g/mol. The molecule has 1 aromatic heterocycles. The number of ether oxygens (including phenoxy) is 1. The first-order valence-electron chi connectivity index (χ1n) is 10.4. The lowest BCUT2D eigenvalue weighted by Crippen LogP contribution is -2.36. The molecule has 1 fully saturated rings. The SMILES string of the molecule is CCCc1noc(N2CCC([C@H](C)CCOc3ccc(S(C)(=O)=O)cc3)CC2)n1. The van der Waals surface area contributed by atoms with Crippen molar-refractivity contribution in [3.05, 3.63) is 30.1 Å². The smallest absolute Gasteiger partial charge is 0.324 e. The van der Waals surface area contributed by atoms with Crippen molar-refractivity contribution in [1.82, 2.24) is 10.1 Å². The van der Waals surface area contributed by atoms with E-state index < -0.39 is 9.84 Å². The summed E-state index contributed by atoms with van der Waals surface area (Å²) in [5.74, 6) is 2.71. The molecule has 0 bridgehead atoms. The van der Waals surface area contributed by atoms with E-state index in [2.05, 4.69) is 28.9 Å². The molecular weight excluding hydrogens is 390 g/mol. The molecule has 29 heavy (non-hydrogen) atoms. The Morgan fingerprint density at radius 2 is 1.93 bits per heavy atom. The van der Waals surface area contributed by atoms with E-state index in [4.69, 9.17) is 9.26 Å². The van der Waals surface area contributed by atoms with Crippen LogP contribution >= 0.6 is 0 Å². The molecule has 1 aliphatic heterocycles. The zero-order valence-corrected chi connectivity index (χ0v) is 18.3. The molecule has 160 valence electrons. The molecule has 0 saturated carbocycles. The molecule has 3 rings (SSSR count). The molecule has 0 N–H and O–H groups in total. The van der Waals surface area contributed by atoms with Crippen LogP contribution in [-0.2, 0) is 16.3 Å². The zero-order chi connectivity index (χ0) is 20.9. The van der Waals surface area contributed by atoms with Crippen LogP contribution in [0.25, 0.3) is 0 Å². The monoisotopic (exact) mass is 421 g/mol. The van der Waals surface area contributed by atoms with Gasteiger partial charge in [-0.25, -0.2) is 8.42 Å². The summed E-state index contributed by atoms with van der Waals surface area (Å²) in [6, 6.07) is 7.27. The van der Waals surface area contributed by atoms with Gasteiger partial charge in [-0.3, -0.25) is 0 Å². The van der Waals surface area contributed by atoms with E-state index in [-0.39, 0.29) is 0 Å². The number of hydrogen-bond donors (Lipinski definition) is 0. The molecule has 1 saturated heterocycles. The maximum absolute atomic E-state index is 11.5. The van der Waals surface area contributed by atoms with Gasteiger partial charge in [0.25, 0.3) is 0 Å². The highest BCUT2D eigenvalue weighted by atomic mass is 32.2. The second-order valence-electron chi connectivity index (χ2n) is 7.93. The van der Waals surface area contributed by atoms with Gasteiger partial charge in [0, 0.05) is 25.8 Å². The number of aromatic nitrogens is 2. The quantitative estimate of drug-likeness (QED) is 0.609. The predicted octanol–water partition coefficient (Wildman–Crippen LogP) is 3.75. The van der Waals surface area contributed by atoms with E-state index >= 15 is 0 Å². The highest BCUT2D eigenvalue weighted by Gasteiger charge is 2.26. The minimum atomic E-state index is -3.17. The molecular formula is C21H31N3O4S. The van der Waals surface area contributed by atoms with Crippen LogP contribution in [0.1, 0.15) is 45.4 Å². The third-order valence-corrected chi connectivity index (χ3v) is 6.77. The van der Waals surface area contributed by atoms with Gasteiger partial charge in [-0.05, 0) is 61.8 Å². The number of anilines is 1. The van der Waals surface area contributed by atoms with Crippen LogP contribution in [0.3, 0.4) is 0 Å². The zero-order valence-electron chi connectivity index (χ0n) is 17.5. The fourth-order valence-corrected chi connectivity index (χ4v) is 4.37. The topological polar surface area (TPSA) is 85.5 Å². The second-order valence-corrected chi connectivity index (χ2v) is 9.94. The summed E-state index contributed by atoms with van der Waals surface area (Å²) in [5.41, 5.74) is 0. The molecule has 0 amide bonds. The molecule has 8 heteroatoms. The van der Waals surface area contributed by atoms with Gasteiger partial charge < -0.3 is 14.2 Å². The molecule has 2 heterocycles. The molecule has 0 unspecified atom stereocenters. The third kappa shape index (κ3) is 5.95. The van der Waals surface area contributed by atoms with Crippen LogP contribution < -0.4 is 9.64 Å². The van der Waals surface area contributed by atoms with Crippen molar-refractivity contribution >= 4 is 15.9 Å². The lowest BCUT2D eigenvalue weighted by atomic mass is 9.84. The van der Waals surface area contributed by atoms with Gasteiger partial charge in [0.15, 0.2) is 15.7 Å². The minimum Gasteiger partial charge on any atom is -0.494 e. The Balaban J connectivity index is 1.41. The third-order valence-electron chi connectivity index (χ3n) is 5.64. The molecule has 0 spiro atoms. The molecule has 1 aromatic carbocycles. The maximum Gasteiger partial charge on any atom is 0.324 e. The van der Waals surface area contributed by atoms with E-state index in [9.17, 15) is 8.42 Å². The Morgan fingerprint density at radius 3 is 2.55 bits per heavy atom. The van der Waals surface area contributed by atoms with Crippen molar-refractivity contribution in [3.8, 4) is 5.75 Å². The summed E-state index contributed by atoms with van der Waals surface area (Å²) < 4.78 is 34.2. The van der Waals surface area contributed by atoms with Crippen molar-refractivity contribution in [2.45, 2.75) is 50.8 Å². The average Bonchev–Trinajstić information content (AvgIpc) is 3.17. The molecule has 7 nitrogen and oxygen atoms in total. The Kier molecular flexibility index (Phi) is 7.16. The van der Waals surface area contributed by atoms with Crippen molar-refractivity contribution in [1.29, 1.82) is 0 Å². The summed E-state index contributed by atoms with van der Waals surface area (Å²) in [4.78, 5) is 6.99. The highest BCUT2D eigenvalue weighted by Crippen LogP contribution is 2.29. The maximum atomic E-state index is 11.5. The number of hydrogen-bond acceptors (Lipinski definition) is 7. The Morgan fingerprint density at radius 1 is 1.24 bits per heavy atom. The van der Waals surface area contributed by atoms with E-state index in [1.54, 1.807) is 24.3 Å². The van der Waals surface area contributed by atoms with Crippen LogP contribution in [0.2, 0.25) is 0 Å². The standard InChI is InChI=1S/C21H31N3O4S/c1-4-5-20-22-21(28-23-20)24-13-10-17(11-14-24)16(2)12-15-27-18-6-8-19(9-7-18)29(3,25)26/h6-9,16-17H,4-5,10-15H2,1-3H3/t16-/m1/s1. The summed E-state index contributed by atoms with van der Waals surface area (Å²) >= 11 is 0. The number of rotatable bonds is 9. The number of aryl methyl sites for hydroxylation is 1. The fourth-order valence-electron chi connectivity index (χ4n) is 3.74. The fraction of sp³-hybridized carbons (Fsp3) is 0.619. The molecule has 0 radical (unpaired) electrons. The lowest BCUT2D eigenvalue weighted by molar-refractivity contribution is 0.220. The van der Waals surface area contributed by atoms with Crippen LogP contribution in [0.5, 0.6) is 5.75 Å². The lowest BCUT2D eigenvalue weighted by Gasteiger charge is -2.33. The van der Waals surface area contributed by atoms with Crippen molar-refractivity contribution < 1.29 is 17.7 Å². The summed E-state index contributed by atoms with van der Waals surface area (Å²) in [6.07, 6.45) is 6.26. The highest BCUT2D eigenvalue weighted by molar-refractivity contribution is 7.90. The van der Waals surface area contributed by atoms with Gasteiger partial charge >= 0.3 is 6.01 Å². The first-order valence-corrected chi connectivity index (χ1v) is 12.3. The molecule has 0 aliphatic carbocycles.